The van der Waals surface area contributed by atoms with Crippen LogP contribution in [0.3, 0.4) is 0 Å². The number of hydrogen-bond donors (Lipinski definition) is 2. The SMILES string of the molecule is CCOc1cccc(NCC(O)C(C)C)c1[N+](=O)[O-]. The number of para-hydroxylation sites is 1. The van der Waals surface area contributed by atoms with E-state index in [-0.39, 0.29) is 23.9 Å². The maximum atomic E-state index is 11.1. The molecule has 1 atom stereocenters. The number of nitrogens with one attached hydrogen (secondary N) is 1. The summed E-state index contributed by atoms with van der Waals surface area (Å²) in [5.74, 6) is 0.318. The summed E-state index contributed by atoms with van der Waals surface area (Å²) in [5, 5.41) is 23.7. The van der Waals surface area contributed by atoms with Crippen molar-refractivity contribution >= 4 is 11.4 Å². The third kappa shape index (κ3) is 4.10. The second-order valence-corrected chi connectivity index (χ2v) is 4.53. The van der Waals surface area contributed by atoms with Gasteiger partial charge in [-0.3, -0.25) is 10.1 Å². The predicted octanol–water partition coefficient (Wildman–Crippen LogP) is 2.42. The zero-order valence-electron chi connectivity index (χ0n) is 11.4. The molecule has 0 aliphatic carbocycles. The Morgan fingerprint density at radius 3 is 2.68 bits per heavy atom. The lowest BCUT2D eigenvalue weighted by Crippen LogP contribution is -2.25. The van der Waals surface area contributed by atoms with E-state index in [1.807, 2.05) is 13.8 Å². The van der Waals surface area contributed by atoms with Crippen molar-refractivity contribution in [1.29, 1.82) is 0 Å². The normalized spacial score (nSPS) is 12.3. The van der Waals surface area contributed by atoms with Gasteiger partial charge in [-0.15, -0.1) is 0 Å². The molecule has 0 amide bonds. The Morgan fingerprint density at radius 1 is 1.47 bits per heavy atom. The Hall–Kier alpha value is -1.82. The van der Waals surface area contributed by atoms with Gasteiger partial charge in [0.05, 0.1) is 17.6 Å². The van der Waals surface area contributed by atoms with Crippen LogP contribution >= 0.6 is 0 Å². The number of nitrogens with zero attached hydrogens (tertiary/aromatic N) is 1. The fourth-order valence-electron chi connectivity index (χ4n) is 1.58. The van der Waals surface area contributed by atoms with Gasteiger partial charge < -0.3 is 15.2 Å². The van der Waals surface area contributed by atoms with Crippen LogP contribution in [-0.4, -0.2) is 29.3 Å². The Morgan fingerprint density at radius 2 is 2.16 bits per heavy atom. The molecule has 1 rings (SSSR count). The number of hydrogen-bond acceptors (Lipinski definition) is 5. The average Bonchev–Trinajstić information content (AvgIpc) is 2.35. The van der Waals surface area contributed by atoms with Crippen LogP contribution in [0.15, 0.2) is 18.2 Å². The molecule has 0 aliphatic heterocycles. The van der Waals surface area contributed by atoms with Gasteiger partial charge in [-0.05, 0) is 25.0 Å². The van der Waals surface area contributed by atoms with E-state index >= 15 is 0 Å². The monoisotopic (exact) mass is 268 g/mol. The van der Waals surface area contributed by atoms with E-state index in [2.05, 4.69) is 5.32 Å². The largest absolute Gasteiger partial charge is 0.487 e. The third-order valence-corrected chi connectivity index (χ3v) is 2.75. The minimum Gasteiger partial charge on any atom is -0.487 e. The zero-order valence-corrected chi connectivity index (χ0v) is 11.4. The second-order valence-electron chi connectivity index (χ2n) is 4.53. The van der Waals surface area contributed by atoms with Gasteiger partial charge in [-0.1, -0.05) is 19.9 Å². The smallest absolute Gasteiger partial charge is 0.333 e. The van der Waals surface area contributed by atoms with Crippen molar-refractivity contribution in [2.24, 2.45) is 5.92 Å². The van der Waals surface area contributed by atoms with E-state index in [9.17, 15) is 15.2 Å². The lowest BCUT2D eigenvalue weighted by atomic mass is 10.1. The van der Waals surface area contributed by atoms with Crippen molar-refractivity contribution in [3.05, 3.63) is 28.3 Å². The van der Waals surface area contributed by atoms with Crippen molar-refractivity contribution in [3.8, 4) is 5.75 Å². The van der Waals surface area contributed by atoms with Crippen LogP contribution < -0.4 is 10.1 Å². The number of aliphatic hydroxyl groups excluding tert-OH is 1. The topological polar surface area (TPSA) is 84.6 Å². The van der Waals surface area contributed by atoms with E-state index in [1.165, 1.54) is 0 Å². The van der Waals surface area contributed by atoms with Crippen LogP contribution in [0.5, 0.6) is 5.75 Å². The van der Waals surface area contributed by atoms with Crippen LogP contribution in [0.4, 0.5) is 11.4 Å². The number of benzene rings is 1. The van der Waals surface area contributed by atoms with Crippen molar-refractivity contribution in [1.82, 2.24) is 0 Å². The van der Waals surface area contributed by atoms with Crippen LogP contribution in [0, 0.1) is 16.0 Å². The average molecular weight is 268 g/mol. The molecule has 0 radical (unpaired) electrons. The molecule has 0 saturated carbocycles. The maximum Gasteiger partial charge on any atom is 0.333 e. The highest BCUT2D eigenvalue weighted by molar-refractivity contribution is 5.68. The molecular weight excluding hydrogens is 248 g/mol. The minimum atomic E-state index is -0.560. The van der Waals surface area contributed by atoms with Gasteiger partial charge in [0.25, 0.3) is 0 Å². The summed E-state index contributed by atoms with van der Waals surface area (Å²) in [5.41, 5.74) is 0.260. The van der Waals surface area contributed by atoms with Crippen LogP contribution in [0.2, 0.25) is 0 Å². The maximum absolute atomic E-state index is 11.1. The molecule has 1 unspecified atom stereocenters. The van der Waals surface area contributed by atoms with E-state index in [4.69, 9.17) is 4.74 Å². The molecule has 0 spiro atoms. The standard InChI is InChI=1S/C13H20N2O4/c1-4-19-12-7-5-6-10(13(12)15(17)18)14-8-11(16)9(2)3/h5-7,9,11,14,16H,4,8H2,1-3H3. The first-order valence-corrected chi connectivity index (χ1v) is 6.29. The molecule has 0 aliphatic rings. The van der Waals surface area contributed by atoms with Crippen LogP contribution in [-0.2, 0) is 0 Å². The lowest BCUT2D eigenvalue weighted by Gasteiger charge is -2.16. The van der Waals surface area contributed by atoms with Crippen LogP contribution in [0.25, 0.3) is 0 Å². The molecule has 6 nitrogen and oxygen atoms in total. The fourth-order valence-corrected chi connectivity index (χ4v) is 1.58. The molecule has 0 aromatic heterocycles. The Balaban J connectivity index is 2.93. The van der Waals surface area contributed by atoms with E-state index in [0.717, 1.165) is 0 Å². The zero-order chi connectivity index (χ0) is 14.4. The summed E-state index contributed by atoms with van der Waals surface area (Å²) in [6.45, 7) is 6.16. The van der Waals surface area contributed by atoms with Gasteiger partial charge in [0, 0.05) is 6.54 Å². The van der Waals surface area contributed by atoms with Crippen LogP contribution in [0.1, 0.15) is 20.8 Å². The van der Waals surface area contributed by atoms with Crippen molar-refractivity contribution < 1.29 is 14.8 Å². The number of nitro benzene ring substituents is 1. The first-order valence-electron chi connectivity index (χ1n) is 6.29. The van der Waals surface area contributed by atoms with E-state index in [1.54, 1.807) is 25.1 Å². The highest BCUT2D eigenvalue weighted by Crippen LogP contribution is 2.34. The summed E-state index contributed by atoms with van der Waals surface area (Å²) >= 11 is 0. The van der Waals surface area contributed by atoms with Crippen molar-refractivity contribution in [2.75, 3.05) is 18.5 Å². The van der Waals surface area contributed by atoms with Gasteiger partial charge in [0.2, 0.25) is 0 Å². The quantitative estimate of drug-likeness (QED) is 0.586. The van der Waals surface area contributed by atoms with Gasteiger partial charge in [0.1, 0.15) is 5.69 Å². The molecule has 1 aromatic rings. The molecular formula is C13H20N2O4. The first kappa shape index (κ1) is 15.2. The lowest BCUT2D eigenvalue weighted by molar-refractivity contribution is -0.384. The summed E-state index contributed by atoms with van der Waals surface area (Å²) in [4.78, 5) is 10.6. The Bertz CT molecular complexity index is 435. The van der Waals surface area contributed by atoms with Gasteiger partial charge >= 0.3 is 5.69 Å². The molecule has 19 heavy (non-hydrogen) atoms. The summed E-state index contributed by atoms with van der Waals surface area (Å²) in [6.07, 6.45) is -0.560. The number of rotatable bonds is 7. The summed E-state index contributed by atoms with van der Waals surface area (Å²) in [6, 6.07) is 4.85. The molecule has 0 bridgehead atoms. The highest BCUT2D eigenvalue weighted by atomic mass is 16.6. The van der Waals surface area contributed by atoms with E-state index in [0.29, 0.717) is 12.3 Å². The molecule has 2 N–H and O–H groups in total. The number of ether oxygens (including phenoxy) is 1. The summed E-state index contributed by atoms with van der Waals surface area (Å²) < 4.78 is 5.25. The van der Waals surface area contributed by atoms with Crippen molar-refractivity contribution in [2.45, 2.75) is 26.9 Å². The second kappa shape index (κ2) is 6.94. The van der Waals surface area contributed by atoms with Gasteiger partial charge in [0.15, 0.2) is 5.75 Å². The minimum absolute atomic E-state index is 0.0848. The molecule has 0 fully saturated rings. The van der Waals surface area contributed by atoms with E-state index < -0.39 is 11.0 Å². The summed E-state index contributed by atoms with van der Waals surface area (Å²) in [7, 11) is 0. The Kier molecular flexibility index (Phi) is 5.57. The fraction of sp³-hybridized carbons (Fsp3) is 0.538. The molecule has 0 heterocycles. The van der Waals surface area contributed by atoms with Gasteiger partial charge in [-0.25, -0.2) is 0 Å². The number of nitro groups is 1. The predicted molar refractivity (Wildman–Crippen MR) is 73.6 cm³/mol. The molecule has 106 valence electrons. The van der Waals surface area contributed by atoms with Crippen molar-refractivity contribution in [3.63, 3.8) is 0 Å². The van der Waals surface area contributed by atoms with Gasteiger partial charge in [-0.2, -0.15) is 0 Å². The molecule has 0 saturated heterocycles. The highest BCUT2D eigenvalue weighted by Gasteiger charge is 2.21. The third-order valence-electron chi connectivity index (χ3n) is 2.75. The number of anilines is 1. The first-order chi connectivity index (χ1) is 8.97. The molecule has 6 heteroatoms. The molecule has 1 aromatic carbocycles. The Labute approximate surface area is 112 Å². The number of aliphatic hydroxyl groups is 1.